The van der Waals surface area contributed by atoms with Gasteiger partial charge in [-0.25, -0.2) is 0 Å². The van der Waals surface area contributed by atoms with Crippen molar-refractivity contribution >= 4 is 28.9 Å². The van der Waals surface area contributed by atoms with Gasteiger partial charge in [-0.1, -0.05) is 17.7 Å². The fourth-order valence-corrected chi connectivity index (χ4v) is 1.35. The number of benzene rings is 1. The van der Waals surface area contributed by atoms with Crippen molar-refractivity contribution in [1.29, 1.82) is 0 Å². The number of carbonyl (C=O) groups excluding carboxylic acids is 1. The Labute approximate surface area is 106 Å². The number of anilines is 2. The number of hydrogen-bond donors (Lipinski definition) is 2. The number of hydrogen-bond acceptors (Lipinski definition) is 3. The van der Waals surface area contributed by atoms with Gasteiger partial charge >= 0.3 is 0 Å². The Morgan fingerprint density at radius 2 is 2.24 bits per heavy atom. The molecule has 0 fully saturated rings. The molecule has 17 heavy (non-hydrogen) atoms. The summed E-state index contributed by atoms with van der Waals surface area (Å²) in [4.78, 5) is 13.5. The molecule has 1 amide bonds. The van der Waals surface area contributed by atoms with Crippen LogP contribution in [0.4, 0.5) is 11.4 Å². The molecule has 0 radical (unpaired) electrons. The Morgan fingerprint density at radius 3 is 2.88 bits per heavy atom. The number of nitrogen functional groups attached to an aromatic ring is 1. The molecule has 0 aliphatic carbocycles. The Morgan fingerprint density at radius 1 is 1.53 bits per heavy atom. The first-order valence-electron chi connectivity index (χ1n) is 5.16. The second-order valence-corrected chi connectivity index (χ2v) is 4.30. The molecule has 0 unspecified atom stereocenters. The Kier molecular flexibility index (Phi) is 5.00. The largest absolute Gasteiger partial charge is 0.399 e. The minimum absolute atomic E-state index is 0.223. The van der Waals surface area contributed by atoms with E-state index in [4.69, 9.17) is 17.3 Å². The zero-order valence-corrected chi connectivity index (χ0v) is 10.7. The van der Waals surface area contributed by atoms with Crippen LogP contribution in [0.1, 0.15) is 0 Å². The van der Waals surface area contributed by atoms with Crippen molar-refractivity contribution in [3.05, 3.63) is 35.4 Å². The van der Waals surface area contributed by atoms with Crippen LogP contribution in [-0.2, 0) is 4.79 Å². The summed E-state index contributed by atoms with van der Waals surface area (Å²) in [5.41, 5.74) is 6.69. The molecule has 4 nitrogen and oxygen atoms in total. The molecule has 0 bridgehead atoms. The van der Waals surface area contributed by atoms with E-state index in [0.29, 0.717) is 22.9 Å². The van der Waals surface area contributed by atoms with E-state index < -0.39 is 0 Å². The fourth-order valence-electron chi connectivity index (χ4n) is 1.18. The molecule has 1 rings (SSSR count). The topological polar surface area (TPSA) is 58.4 Å². The highest BCUT2D eigenvalue weighted by Crippen LogP contribution is 2.23. The Bertz CT molecular complexity index is 430. The summed E-state index contributed by atoms with van der Waals surface area (Å²) in [5.74, 6) is -0.223. The number of rotatable bonds is 4. The lowest BCUT2D eigenvalue weighted by molar-refractivity contribution is -0.111. The molecule has 3 N–H and O–H groups in total. The molecule has 5 heteroatoms. The zero-order chi connectivity index (χ0) is 12.8. The van der Waals surface area contributed by atoms with E-state index in [1.807, 2.05) is 19.0 Å². The van der Waals surface area contributed by atoms with E-state index >= 15 is 0 Å². The Balaban J connectivity index is 2.62. The summed E-state index contributed by atoms with van der Waals surface area (Å²) in [7, 11) is 3.86. The highest BCUT2D eigenvalue weighted by atomic mass is 35.5. The van der Waals surface area contributed by atoms with Crippen LogP contribution in [0.15, 0.2) is 30.4 Å². The number of nitrogens with two attached hydrogens (primary N) is 1. The van der Waals surface area contributed by atoms with Gasteiger partial charge in [-0.3, -0.25) is 4.79 Å². The van der Waals surface area contributed by atoms with Gasteiger partial charge in [0.05, 0.1) is 10.7 Å². The normalized spacial score (nSPS) is 11.1. The second kappa shape index (κ2) is 6.27. The first kappa shape index (κ1) is 13.5. The van der Waals surface area contributed by atoms with Crippen LogP contribution in [-0.4, -0.2) is 31.4 Å². The summed E-state index contributed by atoms with van der Waals surface area (Å²) in [5, 5.41) is 3.13. The van der Waals surface area contributed by atoms with E-state index in [-0.39, 0.29) is 5.91 Å². The van der Waals surface area contributed by atoms with Crippen molar-refractivity contribution in [1.82, 2.24) is 4.90 Å². The minimum Gasteiger partial charge on any atom is -0.399 e. The maximum absolute atomic E-state index is 11.5. The molecule has 0 heterocycles. The van der Waals surface area contributed by atoms with Crippen molar-refractivity contribution in [2.75, 3.05) is 31.7 Å². The molecule has 1 aromatic rings. The minimum atomic E-state index is -0.223. The third-order valence-corrected chi connectivity index (χ3v) is 2.32. The van der Waals surface area contributed by atoms with Gasteiger partial charge in [-0.2, -0.15) is 0 Å². The van der Waals surface area contributed by atoms with Crippen molar-refractivity contribution in [2.45, 2.75) is 0 Å². The van der Waals surface area contributed by atoms with Crippen LogP contribution >= 0.6 is 11.6 Å². The van der Waals surface area contributed by atoms with Crippen molar-refractivity contribution in [3.8, 4) is 0 Å². The van der Waals surface area contributed by atoms with Gasteiger partial charge in [-0.15, -0.1) is 0 Å². The summed E-state index contributed by atoms with van der Waals surface area (Å²) >= 11 is 5.92. The zero-order valence-electron chi connectivity index (χ0n) is 9.90. The predicted molar refractivity (Wildman–Crippen MR) is 72.2 cm³/mol. The van der Waals surface area contributed by atoms with E-state index in [0.717, 1.165) is 0 Å². The smallest absolute Gasteiger partial charge is 0.248 e. The average Bonchev–Trinajstić information content (AvgIpc) is 2.23. The number of amides is 1. The van der Waals surface area contributed by atoms with Crippen LogP contribution in [0.25, 0.3) is 0 Å². The van der Waals surface area contributed by atoms with Crippen LogP contribution < -0.4 is 11.1 Å². The van der Waals surface area contributed by atoms with E-state index in [1.165, 1.54) is 6.08 Å². The molecular formula is C12H16ClN3O. The average molecular weight is 254 g/mol. The van der Waals surface area contributed by atoms with E-state index in [9.17, 15) is 4.79 Å². The van der Waals surface area contributed by atoms with Gasteiger partial charge < -0.3 is 16.0 Å². The molecule has 0 saturated carbocycles. The van der Waals surface area contributed by atoms with Crippen molar-refractivity contribution in [3.63, 3.8) is 0 Å². The molecule has 0 atom stereocenters. The monoisotopic (exact) mass is 253 g/mol. The lowest BCUT2D eigenvalue weighted by Crippen LogP contribution is -2.13. The van der Waals surface area contributed by atoms with Gasteiger partial charge in [0.15, 0.2) is 0 Å². The second-order valence-electron chi connectivity index (χ2n) is 3.89. The van der Waals surface area contributed by atoms with Crippen LogP contribution in [0.3, 0.4) is 0 Å². The molecule has 0 aliphatic heterocycles. The Hall–Kier alpha value is -1.52. The van der Waals surface area contributed by atoms with Crippen LogP contribution in [0.5, 0.6) is 0 Å². The summed E-state index contributed by atoms with van der Waals surface area (Å²) in [6, 6.07) is 4.95. The highest BCUT2D eigenvalue weighted by Gasteiger charge is 2.03. The fraction of sp³-hybridized carbons (Fsp3) is 0.250. The maximum Gasteiger partial charge on any atom is 0.248 e. The van der Waals surface area contributed by atoms with Gasteiger partial charge in [0.25, 0.3) is 0 Å². The van der Waals surface area contributed by atoms with E-state index in [2.05, 4.69) is 5.32 Å². The predicted octanol–water partition coefficient (Wildman–Crippen LogP) is 1.98. The molecule has 1 aromatic carbocycles. The first-order valence-corrected chi connectivity index (χ1v) is 5.54. The van der Waals surface area contributed by atoms with Crippen molar-refractivity contribution < 1.29 is 4.79 Å². The standard InChI is InChI=1S/C12H16ClN3O/c1-16(2)7-3-4-12(17)15-11-8-9(14)5-6-10(11)13/h3-6,8H,7,14H2,1-2H3,(H,15,17)/b4-3+. The van der Waals surface area contributed by atoms with Gasteiger partial charge in [0, 0.05) is 18.3 Å². The maximum atomic E-state index is 11.5. The molecule has 0 saturated heterocycles. The number of carbonyl (C=O) groups is 1. The first-order chi connectivity index (χ1) is 7.99. The number of nitrogens with zero attached hydrogens (tertiary/aromatic N) is 1. The summed E-state index contributed by atoms with van der Waals surface area (Å²) < 4.78 is 0. The van der Waals surface area contributed by atoms with Crippen LogP contribution in [0.2, 0.25) is 5.02 Å². The molecule has 92 valence electrons. The number of nitrogens with one attached hydrogen (secondary N) is 1. The van der Waals surface area contributed by atoms with Gasteiger partial charge in [0.1, 0.15) is 0 Å². The molecular weight excluding hydrogens is 238 g/mol. The van der Waals surface area contributed by atoms with Gasteiger partial charge in [0.2, 0.25) is 5.91 Å². The molecule has 0 spiro atoms. The summed E-state index contributed by atoms with van der Waals surface area (Å²) in [6.45, 7) is 0.706. The van der Waals surface area contributed by atoms with Crippen molar-refractivity contribution in [2.24, 2.45) is 0 Å². The van der Waals surface area contributed by atoms with Crippen LogP contribution in [0, 0.1) is 0 Å². The third-order valence-electron chi connectivity index (χ3n) is 1.99. The third kappa shape index (κ3) is 4.89. The SMILES string of the molecule is CN(C)C/C=C/C(=O)Nc1cc(N)ccc1Cl. The quantitative estimate of drug-likeness (QED) is 0.637. The lowest BCUT2D eigenvalue weighted by atomic mass is 10.3. The summed E-state index contributed by atoms with van der Waals surface area (Å²) in [6.07, 6.45) is 3.25. The number of halogens is 1. The molecule has 0 aliphatic rings. The number of likely N-dealkylation sites (N-methyl/N-ethyl adjacent to an activating group) is 1. The van der Waals surface area contributed by atoms with Gasteiger partial charge in [-0.05, 0) is 32.3 Å². The highest BCUT2D eigenvalue weighted by molar-refractivity contribution is 6.34. The molecule has 0 aromatic heterocycles. The lowest BCUT2D eigenvalue weighted by Gasteiger charge is -2.06. The van der Waals surface area contributed by atoms with E-state index in [1.54, 1.807) is 24.3 Å².